The number of allylic oxidation sites excluding steroid dienone is 1. The number of nitriles is 1. The first-order valence-electron chi connectivity index (χ1n) is 8.43. The van der Waals surface area contributed by atoms with Crippen molar-refractivity contribution in [3.8, 4) is 11.8 Å². The molecule has 0 amide bonds. The second-order valence-corrected chi connectivity index (χ2v) is 8.34. The van der Waals surface area contributed by atoms with E-state index in [9.17, 15) is 26.9 Å². The predicted octanol–water partition coefficient (Wildman–Crippen LogP) is 4.26. The molecular formula is C20H16F3NO4S. The normalized spacial score (nSPS) is 19.6. The maximum atomic E-state index is 13.7. The first-order valence-corrected chi connectivity index (χ1v) is 9.91. The van der Waals surface area contributed by atoms with Crippen molar-refractivity contribution < 1.29 is 31.1 Å². The Morgan fingerprint density at radius 3 is 2.14 bits per heavy atom. The Balaban J connectivity index is 2.25. The molecule has 3 rings (SSSR count). The lowest BCUT2D eigenvalue weighted by atomic mass is 9.94. The Hall–Kier alpha value is -2.99. The molecule has 0 radical (unpaired) electrons. The van der Waals surface area contributed by atoms with Gasteiger partial charge < -0.3 is 9.47 Å². The highest BCUT2D eigenvalue weighted by molar-refractivity contribution is 7.95. The fraction of sp³-hybridized carbons (Fsp3) is 0.250. The van der Waals surface area contributed by atoms with Crippen molar-refractivity contribution in [2.24, 2.45) is 0 Å². The van der Waals surface area contributed by atoms with E-state index in [-0.39, 0.29) is 10.5 Å². The minimum Gasteiger partial charge on any atom is -0.497 e. The molecule has 1 aliphatic heterocycles. The molecule has 0 aliphatic carbocycles. The third-order valence-electron chi connectivity index (χ3n) is 4.53. The van der Waals surface area contributed by atoms with E-state index >= 15 is 0 Å². The van der Waals surface area contributed by atoms with E-state index in [2.05, 4.69) is 0 Å². The third-order valence-corrected chi connectivity index (χ3v) is 6.45. The van der Waals surface area contributed by atoms with Crippen molar-refractivity contribution in [3.63, 3.8) is 0 Å². The van der Waals surface area contributed by atoms with Crippen LogP contribution in [0.2, 0.25) is 0 Å². The first kappa shape index (κ1) is 20.7. The molecule has 0 bridgehead atoms. The lowest BCUT2D eigenvalue weighted by Crippen LogP contribution is -2.19. The van der Waals surface area contributed by atoms with Crippen molar-refractivity contribution >= 4 is 9.84 Å². The monoisotopic (exact) mass is 423 g/mol. The van der Waals surface area contributed by atoms with Gasteiger partial charge >= 0.3 is 6.18 Å². The molecule has 1 heterocycles. The second kappa shape index (κ2) is 7.44. The van der Waals surface area contributed by atoms with Crippen molar-refractivity contribution in [2.75, 3.05) is 7.11 Å². The third kappa shape index (κ3) is 3.80. The summed E-state index contributed by atoms with van der Waals surface area (Å²) < 4.78 is 77.2. The van der Waals surface area contributed by atoms with Crippen molar-refractivity contribution in [1.29, 1.82) is 5.26 Å². The largest absolute Gasteiger partial charge is 0.497 e. The molecule has 0 N–H and O–H groups in total. The Kier molecular flexibility index (Phi) is 5.32. The van der Waals surface area contributed by atoms with Crippen LogP contribution >= 0.6 is 0 Å². The SMILES string of the molecule is COc1ccc(C2C(S(=O)(=O)c3ccc(C)cc3)=C(C(F)(F)F)OC2C#N)cc1. The van der Waals surface area contributed by atoms with Crippen LogP contribution in [0, 0.1) is 18.3 Å². The molecular weight excluding hydrogens is 407 g/mol. The summed E-state index contributed by atoms with van der Waals surface area (Å²) in [5.41, 5.74) is 0.945. The lowest BCUT2D eigenvalue weighted by molar-refractivity contribution is -0.130. The standard InChI is InChI=1S/C20H16F3NO4S/c1-12-3-9-15(10-4-12)29(25,26)18-17(13-5-7-14(27-2)8-6-13)16(11-24)28-19(18)20(21,22)23/h3-10,16-17H,1-2H3. The van der Waals surface area contributed by atoms with Gasteiger partial charge in [0, 0.05) is 0 Å². The van der Waals surface area contributed by atoms with Crippen LogP contribution in [0.15, 0.2) is 64.1 Å². The maximum absolute atomic E-state index is 13.7. The van der Waals surface area contributed by atoms with E-state index in [0.717, 1.165) is 5.56 Å². The summed E-state index contributed by atoms with van der Waals surface area (Å²) in [6.07, 6.45) is -6.72. The van der Waals surface area contributed by atoms with Crippen LogP contribution < -0.4 is 4.74 Å². The average Bonchev–Trinajstić information content (AvgIpc) is 3.09. The van der Waals surface area contributed by atoms with Crippen LogP contribution in [0.4, 0.5) is 13.2 Å². The molecule has 29 heavy (non-hydrogen) atoms. The van der Waals surface area contributed by atoms with Crippen LogP contribution in [0.25, 0.3) is 0 Å². The summed E-state index contributed by atoms with van der Waals surface area (Å²) >= 11 is 0. The van der Waals surface area contributed by atoms with Crippen LogP contribution in [-0.2, 0) is 14.6 Å². The molecule has 2 atom stereocenters. The number of aryl methyl sites for hydroxylation is 1. The predicted molar refractivity (Wildman–Crippen MR) is 97.7 cm³/mol. The van der Waals surface area contributed by atoms with E-state index in [4.69, 9.17) is 9.47 Å². The number of hydrogen-bond acceptors (Lipinski definition) is 5. The Bertz CT molecular complexity index is 1080. The molecule has 0 saturated heterocycles. The van der Waals surface area contributed by atoms with Gasteiger partial charge in [-0.25, -0.2) is 8.42 Å². The minimum absolute atomic E-state index is 0.197. The van der Waals surface area contributed by atoms with Crippen LogP contribution in [0.1, 0.15) is 17.0 Å². The highest BCUT2D eigenvalue weighted by Gasteiger charge is 2.53. The maximum Gasteiger partial charge on any atom is 0.450 e. The number of sulfone groups is 1. The number of nitrogens with zero attached hydrogens (tertiary/aromatic N) is 1. The number of ether oxygens (including phenoxy) is 2. The number of rotatable bonds is 4. The summed E-state index contributed by atoms with van der Waals surface area (Å²) in [5, 5.41) is 9.38. The van der Waals surface area contributed by atoms with E-state index < -0.39 is 38.7 Å². The van der Waals surface area contributed by atoms with Crippen molar-refractivity contribution in [1.82, 2.24) is 0 Å². The van der Waals surface area contributed by atoms with Crippen LogP contribution in [0.5, 0.6) is 5.75 Å². The fourth-order valence-corrected chi connectivity index (χ4v) is 4.86. The number of methoxy groups -OCH3 is 1. The Morgan fingerprint density at radius 2 is 1.66 bits per heavy atom. The number of hydrogen-bond donors (Lipinski definition) is 0. The van der Waals surface area contributed by atoms with Gasteiger partial charge in [-0.2, -0.15) is 18.4 Å². The topological polar surface area (TPSA) is 76.4 Å². The zero-order valence-electron chi connectivity index (χ0n) is 15.4. The summed E-state index contributed by atoms with van der Waals surface area (Å²) in [5.74, 6) is -2.66. The van der Waals surface area contributed by atoms with E-state index in [1.165, 1.54) is 55.6 Å². The average molecular weight is 423 g/mol. The van der Waals surface area contributed by atoms with Crippen LogP contribution in [-0.4, -0.2) is 27.8 Å². The molecule has 0 spiro atoms. The van der Waals surface area contributed by atoms with Gasteiger partial charge in [0.05, 0.1) is 17.9 Å². The molecule has 1 aliphatic rings. The smallest absolute Gasteiger partial charge is 0.450 e. The summed E-state index contributed by atoms with van der Waals surface area (Å²) in [6.45, 7) is 1.72. The molecule has 0 aromatic heterocycles. The van der Waals surface area contributed by atoms with Crippen molar-refractivity contribution in [2.45, 2.75) is 30.0 Å². The second-order valence-electron chi connectivity index (χ2n) is 6.43. The summed E-state index contributed by atoms with van der Waals surface area (Å²) in [4.78, 5) is -1.27. The van der Waals surface area contributed by atoms with Gasteiger partial charge in [-0.15, -0.1) is 0 Å². The highest BCUT2D eigenvalue weighted by atomic mass is 32.2. The number of alkyl halides is 3. The van der Waals surface area contributed by atoms with Crippen LogP contribution in [0.3, 0.4) is 0 Å². The minimum atomic E-state index is -5.08. The molecule has 2 aromatic rings. The van der Waals surface area contributed by atoms with Gasteiger partial charge in [0.2, 0.25) is 15.6 Å². The molecule has 2 unspecified atom stereocenters. The van der Waals surface area contributed by atoms with E-state index in [1.807, 2.05) is 0 Å². The molecule has 152 valence electrons. The fourth-order valence-electron chi connectivity index (χ4n) is 3.11. The zero-order valence-corrected chi connectivity index (χ0v) is 16.2. The van der Waals surface area contributed by atoms with Gasteiger partial charge in [0.25, 0.3) is 0 Å². The first-order chi connectivity index (χ1) is 13.6. The van der Waals surface area contributed by atoms with Gasteiger partial charge in [-0.1, -0.05) is 29.8 Å². The van der Waals surface area contributed by atoms with E-state index in [0.29, 0.717) is 5.75 Å². The quantitative estimate of drug-likeness (QED) is 0.735. The van der Waals surface area contributed by atoms with Gasteiger partial charge in [-0.05, 0) is 36.8 Å². The summed E-state index contributed by atoms with van der Waals surface area (Å²) in [6, 6.07) is 12.9. The van der Waals surface area contributed by atoms with E-state index in [1.54, 1.807) is 13.0 Å². The van der Waals surface area contributed by atoms with Gasteiger partial charge in [-0.3, -0.25) is 0 Å². The van der Waals surface area contributed by atoms with Gasteiger partial charge in [0.15, 0.2) is 6.10 Å². The summed E-state index contributed by atoms with van der Waals surface area (Å²) in [7, 11) is -3.17. The molecule has 9 heteroatoms. The lowest BCUT2D eigenvalue weighted by Gasteiger charge is -2.17. The molecule has 0 fully saturated rings. The zero-order chi connectivity index (χ0) is 21.4. The van der Waals surface area contributed by atoms with Crippen molar-refractivity contribution in [3.05, 3.63) is 70.3 Å². The Morgan fingerprint density at radius 1 is 1.07 bits per heavy atom. The molecule has 2 aromatic carbocycles. The number of halogens is 3. The highest BCUT2D eigenvalue weighted by Crippen LogP contribution is 2.48. The Labute approximate surface area is 165 Å². The molecule has 5 nitrogen and oxygen atoms in total. The van der Waals surface area contributed by atoms with Gasteiger partial charge in [0.1, 0.15) is 16.7 Å². The number of benzene rings is 2. The molecule has 0 saturated carbocycles.